The highest BCUT2D eigenvalue weighted by molar-refractivity contribution is 9.10. The molecule has 0 atom stereocenters. The molecule has 6 nitrogen and oxygen atoms in total. The summed E-state index contributed by atoms with van der Waals surface area (Å²) < 4.78 is 9.93. The van der Waals surface area contributed by atoms with Gasteiger partial charge < -0.3 is 4.74 Å². The van der Waals surface area contributed by atoms with Crippen LogP contribution in [0, 0.1) is 0 Å². The van der Waals surface area contributed by atoms with Crippen LogP contribution >= 0.6 is 27.5 Å². The maximum atomic E-state index is 12.2. The SMILES string of the molecule is COc1cccc(-c2nsc(NC(=O)c3cccnc3Br)n2)c1. The number of nitrogens with one attached hydrogen (secondary N) is 1. The lowest BCUT2D eigenvalue weighted by Crippen LogP contribution is -2.12. The summed E-state index contributed by atoms with van der Waals surface area (Å²) in [5, 5.41) is 3.14. The Balaban J connectivity index is 1.79. The highest BCUT2D eigenvalue weighted by Crippen LogP contribution is 2.25. The molecule has 0 radical (unpaired) electrons. The van der Waals surface area contributed by atoms with Gasteiger partial charge >= 0.3 is 0 Å². The third-order valence-electron chi connectivity index (χ3n) is 2.98. The minimum absolute atomic E-state index is 0.293. The van der Waals surface area contributed by atoms with Crippen LogP contribution in [0.4, 0.5) is 5.13 Å². The number of rotatable bonds is 4. The molecule has 1 N–H and O–H groups in total. The van der Waals surface area contributed by atoms with Crippen molar-refractivity contribution in [2.45, 2.75) is 0 Å². The largest absolute Gasteiger partial charge is 0.497 e. The van der Waals surface area contributed by atoms with E-state index in [2.05, 4.69) is 35.6 Å². The summed E-state index contributed by atoms with van der Waals surface area (Å²) in [4.78, 5) is 20.6. The number of aromatic nitrogens is 3. The molecule has 0 spiro atoms. The molecule has 0 aliphatic heterocycles. The second-order valence-corrected chi connectivity index (χ2v) is 5.95. The Morgan fingerprint density at radius 2 is 2.17 bits per heavy atom. The van der Waals surface area contributed by atoms with Gasteiger partial charge in [-0.3, -0.25) is 10.1 Å². The van der Waals surface area contributed by atoms with E-state index in [1.54, 1.807) is 25.4 Å². The molecule has 2 aromatic heterocycles. The molecule has 2 heterocycles. The third kappa shape index (κ3) is 3.54. The summed E-state index contributed by atoms with van der Waals surface area (Å²) in [6.07, 6.45) is 1.60. The lowest BCUT2D eigenvalue weighted by atomic mass is 10.2. The second-order valence-electron chi connectivity index (χ2n) is 4.45. The number of benzene rings is 1. The molecular formula is C15H11BrN4O2S. The molecule has 0 unspecified atom stereocenters. The first kappa shape index (κ1) is 15.6. The Hall–Kier alpha value is -2.32. The molecule has 1 aromatic carbocycles. The standard InChI is InChI=1S/C15H11BrN4O2S/c1-22-10-5-2-4-9(8-10)13-18-15(23-20-13)19-14(21)11-6-3-7-17-12(11)16/h2-8H,1H3,(H,18,19,20,21). The van der Waals surface area contributed by atoms with Crippen LogP contribution in [0.3, 0.4) is 0 Å². The van der Waals surface area contributed by atoms with Gasteiger partial charge in [0.05, 0.1) is 12.7 Å². The van der Waals surface area contributed by atoms with Gasteiger partial charge in [-0.1, -0.05) is 12.1 Å². The van der Waals surface area contributed by atoms with Gasteiger partial charge in [0.15, 0.2) is 5.82 Å². The van der Waals surface area contributed by atoms with E-state index < -0.39 is 0 Å². The molecular weight excluding hydrogens is 380 g/mol. The molecule has 3 rings (SSSR count). The summed E-state index contributed by atoms with van der Waals surface area (Å²) in [5.74, 6) is 0.968. The Bertz CT molecular complexity index is 853. The number of ether oxygens (including phenoxy) is 1. The van der Waals surface area contributed by atoms with E-state index in [1.807, 2.05) is 24.3 Å². The molecule has 23 heavy (non-hydrogen) atoms. The van der Waals surface area contributed by atoms with Crippen molar-refractivity contribution in [2.24, 2.45) is 0 Å². The van der Waals surface area contributed by atoms with Crippen molar-refractivity contribution in [3.8, 4) is 17.1 Å². The molecule has 0 bridgehead atoms. The molecule has 0 aliphatic carbocycles. The Morgan fingerprint density at radius 1 is 1.30 bits per heavy atom. The number of amides is 1. The minimum atomic E-state index is -0.293. The zero-order valence-electron chi connectivity index (χ0n) is 12.0. The topological polar surface area (TPSA) is 77.0 Å². The first-order valence-electron chi connectivity index (χ1n) is 6.57. The number of pyridine rings is 1. The molecule has 116 valence electrons. The third-order valence-corrected chi connectivity index (χ3v) is 4.24. The van der Waals surface area contributed by atoms with Crippen LogP contribution in [0.15, 0.2) is 47.2 Å². The van der Waals surface area contributed by atoms with Crippen molar-refractivity contribution in [1.82, 2.24) is 14.3 Å². The number of nitrogens with zero attached hydrogens (tertiary/aromatic N) is 3. The fourth-order valence-corrected chi connectivity index (χ4v) is 2.89. The Labute approximate surface area is 144 Å². The van der Waals surface area contributed by atoms with Gasteiger partial charge in [-0.25, -0.2) is 4.98 Å². The van der Waals surface area contributed by atoms with Crippen LogP contribution < -0.4 is 10.1 Å². The Morgan fingerprint density at radius 3 is 2.96 bits per heavy atom. The summed E-state index contributed by atoms with van der Waals surface area (Å²) in [5.41, 5.74) is 1.26. The first-order valence-corrected chi connectivity index (χ1v) is 8.14. The van der Waals surface area contributed by atoms with Crippen molar-refractivity contribution >= 4 is 38.5 Å². The summed E-state index contributed by atoms with van der Waals surface area (Å²) >= 11 is 4.37. The summed E-state index contributed by atoms with van der Waals surface area (Å²) in [6, 6.07) is 10.8. The van der Waals surface area contributed by atoms with Gasteiger partial charge in [-0.2, -0.15) is 9.36 Å². The van der Waals surface area contributed by atoms with Gasteiger partial charge in [-0.05, 0) is 40.2 Å². The van der Waals surface area contributed by atoms with E-state index in [0.29, 0.717) is 21.1 Å². The van der Waals surface area contributed by atoms with Gasteiger partial charge in [-0.15, -0.1) is 0 Å². The van der Waals surface area contributed by atoms with E-state index in [9.17, 15) is 4.79 Å². The zero-order valence-corrected chi connectivity index (χ0v) is 14.4. The Kier molecular flexibility index (Phi) is 4.63. The molecule has 1 amide bonds. The van der Waals surface area contributed by atoms with Crippen LogP contribution in [-0.2, 0) is 0 Å². The summed E-state index contributed by atoms with van der Waals surface area (Å²) in [7, 11) is 1.60. The molecule has 0 saturated heterocycles. The normalized spacial score (nSPS) is 10.3. The average molecular weight is 391 g/mol. The molecule has 0 aliphatic rings. The maximum Gasteiger partial charge on any atom is 0.260 e. The van der Waals surface area contributed by atoms with Gasteiger partial charge in [0.1, 0.15) is 10.4 Å². The van der Waals surface area contributed by atoms with Crippen molar-refractivity contribution < 1.29 is 9.53 Å². The van der Waals surface area contributed by atoms with Crippen molar-refractivity contribution in [3.05, 3.63) is 52.8 Å². The lowest BCUT2D eigenvalue weighted by molar-refractivity contribution is 0.102. The van der Waals surface area contributed by atoms with Crippen molar-refractivity contribution in [1.29, 1.82) is 0 Å². The van der Waals surface area contributed by atoms with Crippen molar-refractivity contribution in [3.63, 3.8) is 0 Å². The zero-order chi connectivity index (χ0) is 16.2. The van der Waals surface area contributed by atoms with Crippen LogP contribution in [0.25, 0.3) is 11.4 Å². The van der Waals surface area contributed by atoms with Crippen LogP contribution in [0.5, 0.6) is 5.75 Å². The number of methoxy groups -OCH3 is 1. The van der Waals surface area contributed by atoms with E-state index >= 15 is 0 Å². The van der Waals surface area contributed by atoms with Gasteiger partial charge in [0.25, 0.3) is 5.91 Å². The summed E-state index contributed by atoms with van der Waals surface area (Å²) in [6.45, 7) is 0. The number of carbonyl (C=O) groups excluding carboxylic acids is 1. The smallest absolute Gasteiger partial charge is 0.260 e. The number of hydrogen-bond donors (Lipinski definition) is 1. The van der Waals surface area contributed by atoms with Crippen LogP contribution in [0.2, 0.25) is 0 Å². The second kappa shape index (κ2) is 6.84. The lowest BCUT2D eigenvalue weighted by Gasteiger charge is -2.02. The fourth-order valence-electron chi connectivity index (χ4n) is 1.87. The van der Waals surface area contributed by atoms with E-state index in [-0.39, 0.29) is 5.91 Å². The van der Waals surface area contributed by atoms with Gasteiger partial charge in [0, 0.05) is 23.3 Å². The molecule has 3 aromatic rings. The number of halogens is 1. The quantitative estimate of drug-likeness (QED) is 0.688. The number of carbonyl (C=O) groups is 1. The number of anilines is 1. The van der Waals surface area contributed by atoms with Crippen LogP contribution in [-0.4, -0.2) is 27.4 Å². The van der Waals surface area contributed by atoms with E-state index in [1.165, 1.54) is 0 Å². The van der Waals surface area contributed by atoms with Crippen LogP contribution in [0.1, 0.15) is 10.4 Å². The van der Waals surface area contributed by atoms with Crippen molar-refractivity contribution in [2.75, 3.05) is 12.4 Å². The fraction of sp³-hybridized carbons (Fsp3) is 0.0667. The predicted octanol–water partition coefficient (Wildman–Crippen LogP) is 3.62. The first-order chi connectivity index (χ1) is 11.2. The molecule has 8 heteroatoms. The monoisotopic (exact) mass is 390 g/mol. The number of hydrogen-bond acceptors (Lipinski definition) is 6. The highest BCUT2D eigenvalue weighted by Gasteiger charge is 2.14. The molecule has 0 saturated carbocycles. The highest BCUT2D eigenvalue weighted by atomic mass is 79.9. The predicted molar refractivity (Wildman–Crippen MR) is 91.8 cm³/mol. The van der Waals surface area contributed by atoms with Gasteiger partial charge in [0.2, 0.25) is 5.13 Å². The van der Waals surface area contributed by atoms with E-state index in [0.717, 1.165) is 22.8 Å². The molecule has 0 fully saturated rings. The maximum absolute atomic E-state index is 12.2. The average Bonchev–Trinajstić information content (AvgIpc) is 3.03. The van der Waals surface area contributed by atoms with E-state index in [4.69, 9.17) is 4.74 Å². The minimum Gasteiger partial charge on any atom is -0.497 e.